The van der Waals surface area contributed by atoms with E-state index >= 15 is 0 Å². The molecule has 1 unspecified atom stereocenters. The van der Waals surface area contributed by atoms with Gasteiger partial charge < -0.3 is 14.8 Å². The average Bonchev–Trinajstić information content (AvgIpc) is 2.68. The minimum atomic E-state index is -1.25. The number of cyclic esters (lactones) is 1. The number of carbonyl (C=O) groups excluding carboxylic acids is 2. The fraction of sp³-hybridized carbons (Fsp3) is 0.364. The van der Waals surface area contributed by atoms with Crippen LogP contribution in [0, 0.1) is 0 Å². The van der Waals surface area contributed by atoms with Crippen molar-refractivity contribution in [2.24, 2.45) is 0 Å². The molecule has 0 radical (unpaired) electrons. The fourth-order valence-corrected chi connectivity index (χ4v) is 4.40. The predicted octanol–water partition coefficient (Wildman–Crippen LogP) is 3.74. The number of amides is 1. The van der Waals surface area contributed by atoms with Gasteiger partial charge in [-0.1, -0.05) is 46.3 Å². The summed E-state index contributed by atoms with van der Waals surface area (Å²) in [7, 11) is 0. The number of nitrogens with one attached hydrogen (secondary N) is 1. The third kappa shape index (κ3) is 3.47. The second-order valence-electron chi connectivity index (χ2n) is 7.61. The minimum Gasteiger partial charge on any atom is -0.445 e. The molecule has 0 aromatic heterocycles. The summed E-state index contributed by atoms with van der Waals surface area (Å²) in [5.41, 5.74) is 0.582. The molecule has 2 aromatic rings. The first kappa shape index (κ1) is 19.2. The summed E-state index contributed by atoms with van der Waals surface area (Å²) in [6.45, 7) is 2.81. The molecule has 2 aliphatic heterocycles. The van der Waals surface area contributed by atoms with Gasteiger partial charge in [0.05, 0.1) is 11.1 Å². The van der Waals surface area contributed by atoms with E-state index in [1.54, 1.807) is 19.1 Å². The molecular weight excluding hydrogens is 422 g/mol. The lowest BCUT2D eigenvalue weighted by molar-refractivity contribution is -0.143. The Bertz CT molecular complexity index is 922. The van der Waals surface area contributed by atoms with Crippen LogP contribution in [0.2, 0.25) is 0 Å². The molecule has 0 saturated carbocycles. The van der Waals surface area contributed by atoms with Crippen molar-refractivity contribution in [3.63, 3.8) is 0 Å². The highest BCUT2D eigenvalue weighted by molar-refractivity contribution is 9.10. The second kappa shape index (κ2) is 7.33. The molecule has 2 aliphatic rings. The molecular formula is C22H22BrNO4. The van der Waals surface area contributed by atoms with E-state index in [4.69, 9.17) is 9.47 Å². The normalized spacial score (nSPS) is 23.4. The number of esters is 1. The maximum atomic E-state index is 13.4. The third-order valence-electron chi connectivity index (χ3n) is 5.64. The van der Waals surface area contributed by atoms with Crippen molar-refractivity contribution >= 4 is 27.8 Å². The Morgan fingerprint density at radius 3 is 2.61 bits per heavy atom. The van der Waals surface area contributed by atoms with Crippen molar-refractivity contribution in [1.29, 1.82) is 0 Å². The Balaban J connectivity index is 1.64. The van der Waals surface area contributed by atoms with Crippen LogP contribution in [0.15, 0.2) is 53.0 Å². The van der Waals surface area contributed by atoms with Crippen molar-refractivity contribution in [2.75, 3.05) is 13.2 Å². The summed E-state index contributed by atoms with van der Waals surface area (Å²) in [6, 6.07) is 15.2. The molecule has 1 saturated heterocycles. The van der Waals surface area contributed by atoms with Crippen LogP contribution in [-0.2, 0) is 26.2 Å². The molecule has 1 amide bonds. The fourth-order valence-electron chi connectivity index (χ4n) is 4.00. The van der Waals surface area contributed by atoms with Gasteiger partial charge in [0.15, 0.2) is 5.60 Å². The summed E-state index contributed by atoms with van der Waals surface area (Å²) >= 11 is 3.52. The van der Waals surface area contributed by atoms with Gasteiger partial charge in [0.25, 0.3) is 5.91 Å². The van der Waals surface area contributed by atoms with Crippen molar-refractivity contribution < 1.29 is 19.1 Å². The number of hydrogen-bond acceptors (Lipinski definition) is 4. The van der Waals surface area contributed by atoms with Gasteiger partial charge in [0.1, 0.15) is 0 Å². The van der Waals surface area contributed by atoms with E-state index in [0.717, 1.165) is 15.6 Å². The number of halogens is 1. The molecule has 0 aliphatic carbocycles. The zero-order valence-electron chi connectivity index (χ0n) is 15.7. The third-order valence-corrected chi connectivity index (χ3v) is 6.13. The molecule has 28 heavy (non-hydrogen) atoms. The van der Waals surface area contributed by atoms with Crippen molar-refractivity contribution in [1.82, 2.24) is 5.32 Å². The standard InChI is InChI=1S/C22H22BrNO4/c1-21(14-15-5-2-3-8-18(15)19(25)28-21)20(26)24-22(9-11-27-12-10-22)16-6-4-7-17(23)13-16/h2-8,13H,9-12,14H2,1H3,(H,24,26). The van der Waals surface area contributed by atoms with Crippen LogP contribution in [-0.4, -0.2) is 30.7 Å². The van der Waals surface area contributed by atoms with Crippen LogP contribution in [0.3, 0.4) is 0 Å². The molecule has 146 valence electrons. The first-order valence-electron chi connectivity index (χ1n) is 9.40. The second-order valence-corrected chi connectivity index (χ2v) is 8.53. The molecule has 0 spiro atoms. The van der Waals surface area contributed by atoms with Crippen molar-refractivity contribution in [3.05, 3.63) is 69.7 Å². The first-order valence-corrected chi connectivity index (χ1v) is 10.2. The zero-order chi connectivity index (χ0) is 19.8. The monoisotopic (exact) mass is 443 g/mol. The lowest BCUT2D eigenvalue weighted by Crippen LogP contribution is -2.58. The van der Waals surface area contributed by atoms with Crippen LogP contribution >= 0.6 is 15.9 Å². The van der Waals surface area contributed by atoms with Gasteiger partial charge in [0, 0.05) is 24.1 Å². The summed E-state index contributed by atoms with van der Waals surface area (Å²) in [5.74, 6) is -0.736. The minimum absolute atomic E-state index is 0.280. The highest BCUT2D eigenvalue weighted by atomic mass is 79.9. The van der Waals surface area contributed by atoms with Crippen LogP contribution in [0.1, 0.15) is 41.3 Å². The van der Waals surface area contributed by atoms with Gasteiger partial charge in [-0.2, -0.15) is 0 Å². The largest absolute Gasteiger partial charge is 0.445 e. The molecule has 6 heteroatoms. The van der Waals surface area contributed by atoms with Gasteiger partial charge in [-0.3, -0.25) is 4.79 Å². The quantitative estimate of drug-likeness (QED) is 0.733. The topological polar surface area (TPSA) is 64.6 Å². The highest BCUT2D eigenvalue weighted by Gasteiger charge is 2.46. The van der Waals surface area contributed by atoms with Gasteiger partial charge >= 0.3 is 5.97 Å². The number of fused-ring (bicyclic) bond motifs is 1. The molecule has 4 rings (SSSR count). The van der Waals surface area contributed by atoms with E-state index < -0.39 is 17.1 Å². The molecule has 2 aromatic carbocycles. The molecule has 1 atom stereocenters. The number of hydrogen-bond donors (Lipinski definition) is 1. The van der Waals surface area contributed by atoms with E-state index in [2.05, 4.69) is 21.2 Å². The lowest BCUT2D eigenvalue weighted by atomic mass is 9.81. The summed E-state index contributed by atoms with van der Waals surface area (Å²) in [4.78, 5) is 25.8. The van der Waals surface area contributed by atoms with E-state index in [1.807, 2.05) is 36.4 Å². The summed E-state index contributed by atoms with van der Waals surface area (Å²) < 4.78 is 12.1. The molecule has 0 bridgehead atoms. The maximum absolute atomic E-state index is 13.4. The van der Waals surface area contributed by atoms with Gasteiger partial charge in [-0.25, -0.2) is 4.79 Å². The number of ether oxygens (including phenoxy) is 2. The van der Waals surface area contributed by atoms with E-state index in [9.17, 15) is 9.59 Å². The Morgan fingerprint density at radius 1 is 1.11 bits per heavy atom. The lowest BCUT2D eigenvalue weighted by Gasteiger charge is -2.42. The Hall–Kier alpha value is -2.18. The predicted molar refractivity (Wildman–Crippen MR) is 108 cm³/mol. The summed E-state index contributed by atoms with van der Waals surface area (Å²) in [6.07, 6.45) is 1.68. The first-order chi connectivity index (χ1) is 13.4. The van der Waals surface area contributed by atoms with Crippen LogP contribution in [0.4, 0.5) is 0 Å². The smallest absolute Gasteiger partial charge is 0.339 e. The Kier molecular flexibility index (Phi) is 5.02. The Morgan fingerprint density at radius 2 is 1.86 bits per heavy atom. The van der Waals surface area contributed by atoms with E-state index in [0.29, 0.717) is 38.0 Å². The summed E-state index contributed by atoms with van der Waals surface area (Å²) in [5, 5.41) is 3.22. The van der Waals surface area contributed by atoms with E-state index in [-0.39, 0.29) is 5.91 Å². The van der Waals surface area contributed by atoms with Crippen molar-refractivity contribution in [2.45, 2.75) is 37.3 Å². The maximum Gasteiger partial charge on any atom is 0.339 e. The van der Waals surface area contributed by atoms with Gasteiger partial charge in [-0.05, 0) is 49.1 Å². The number of rotatable bonds is 3. The zero-order valence-corrected chi connectivity index (χ0v) is 17.3. The van der Waals surface area contributed by atoms with Gasteiger partial charge in [0.2, 0.25) is 0 Å². The highest BCUT2D eigenvalue weighted by Crippen LogP contribution is 2.36. The molecule has 5 nitrogen and oxygen atoms in total. The molecule has 1 N–H and O–H groups in total. The van der Waals surface area contributed by atoms with Gasteiger partial charge in [-0.15, -0.1) is 0 Å². The van der Waals surface area contributed by atoms with Crippen molar-refractivity contribution in [3.8, 4) is 0 Å². The van der Waals surface area contributed by atoms with Crippen LogP contribution in [0.5, 0.6) is 0 Å². The average molecular weight is 444 g/mol. The molecule has 2 heterocycles. The van der Waals surface area contributed by atoms with Crippen LogP contribution < -0.4 is 5.32 Å². The molecule has 1 fully saturated rings. The van der Waals surface area contributed by atoms with Crippen LogP contribution in [0.25, 0.3) is 0 Å². The Labute approximate surface area is 172 Å². The SMILES string of the molecule is CC1(C(=O)NC2(c3cccc(Br)c3)CCOCC2)Cc2ccccc2C(=O)O1. The number of benzene rings is 2. The van der Waals surface area contributed by atoms with E-state index in [1.165, 1.54) is 0 Å². The number of carbonyl (C=O) groups is 2.